The number of fused-ring (bicyclic) bond motifs is 1. The Morgan fingerprint density at radius 1 is 1.64 bits per heavy atom. The lowest BCUT2D eigenvalue weighted by Crippen LogP contribution is -2.25. The zero-order valence-corrected chi connectivity index (χ0v) is 6.72. The summed E-state index contributed by atoms with van der Waals surface area (Å²) in [5.41, 5.74) is 2.37. The molecule has 0 fully saturated rings. The van der Waals surface area contributed by atoms with E-state index in [9.17, 15) is 0 Å². The van der Waals surface area contributed by atoms with Crippen LogP contribution in [0.1, 0.15) is 19.0 Å². The summed E-state index contributed by atoms with van der Waals surface area (Å²) in [6, 6.07) is 2.19. The molecule has 0 aromatic carbocycles. The fourth-order valence-electron chi connectivity index (χ4n) is 1.39. The van der Waals surface area contributed by atoms with E-state index >= 15 is 0 Å². The highest BCUT2D eigenvalue weighted by Crippen LogP contribution is 1.90. The second-order valence-electron chi connectivity index (χ2n) is 2.83. The van der Waals surface area contributed by atoms with Gasteiger partial charge in [-0.2, -0.15) is 0 Å². The maximum atomic E-state index is 4.37. The third-order valence-corrected chi connectivity index (χ3v) is 2.03. The van der Waals surface area contributed by atoms with E-state index < -0.39 is 0 Å². The van der Waals surface area contributed by atoms with E-state index in [4.69, 9.17) is 0 Å². The van der Waals surface area contributed by atoms with Crippen LogP contribution in [0.15, 0.2) is 11.1 Å². The average molecular weight is 148 g/mol. The molecule has 0 spiro atoms. The number of hydrogen-bond acceptors (Lipinski definition) is 1. The van der Waals surface area contributed by atoms with Gasteiger partial charge < -0.3 is 4.98 Å². The minimum atomic E-state index is 0.941. The SMILES string of the molecule is CCc1cc2c([nH]1)=NCCC=2. The Hall–Kier alpha value is -1.05. The maximum absolute atomic E-state index is 4.37. The fourth-order valence-corrected chi connectivity index (χ4v) is 1.39. The molecule has 0 radical (unpaired) electrons. The Morgan fingerprint density at radius 3 is 3.27 bits per heavy atom. The molecule has 0 unspecified atom stereocenters. The summed E-state index contributed by atoms with van der Waals surface area (Å²) in [5.74, 6) is 0. The van der Waals surface area contributed by atoms with E-state index in [0.29, 0.717) is 0 Å². The van der Waals surface area contributed by atoms with Crippen LogP contribution >= 0.6 is 0 Å². The predicted molar refractivity (Wildman–Crippen MR) is 44.9 cm³/mol. The number of aryl methyl sites for hydroxylation is 1. The first-order valence-electron chi connectivity index (χ1n) is 4.12. The van der Waals surface area contributed by atoms with Crippen LogP contribution in [-0.2, 0) is 6.42 Å². The van der Waals surface area contributed by atoms with Crippen LogP contribution in [0.2, 0.25) is 0 Å². The summed E-state index contributed by atoms with van der Waals surface area (Å²) in [7, 11) is 0. The molecule has 2 heterocycles. The molecule has 0 aliphatic carbocycles. The molecular weight excluding hydrogens is 136 g/mol. The standard InChI is InChI=1S/C9H12N2/c1-2-8-6-7-4-3-5-10-9(7)11-8/h4,6H,2-3,5H2,1H3,(H,10,11). The predicted octanol–water partition coefficient (Wildman–Crippen LogP) is 0.381. The van der Waals surface area contributed by atoms with Crippen LogP contribution in [0.3, 0.4) is 0 Å². The molecule has 0 atom stereocenters. The molecule has 1 aromatic rings. The van der Waals surface area contributed by atoms with E-state index in [1.54, 1.807) is 0 Å². The highest BCUT2D eigenvalue weighted by atomic mass is 14.9. The highest BCUT2D eigenvalue weighted by molar-refractivity contribution is 5.25. The lowest BCUT2D eigenvalue weighted by molar-refractivity contribution is 0.923. The molecule has 58 valence electrons. The first kappa shape index (κ1) is 6.65. The normalized spacial score (nSPS) is 15.0. The molecule has 1 aromatic heterocycles. The van der Waals surface area contributed by atoms with Gasteiger partial charge in [0.25, 0.3) is 0 Å². The van der Waals surface area contributed by atoms with Crippen molar-refractivity contribution in [1.82, 2.24) is 4.98 Å². The Kier molecular flexibility index (Phi) is 1.53. The maximum Gasteiger partial charge on any atom is 0.132 e. The van der Waals surface area contributed by atoms with Crippen LogP contribution in [0.5, 0.6) is 0 Å². The van der Waals surface area contributed by atoms with Crippen molar-refractivity contribution in [2.45, 2.75) is 19.8 Å². The molecule has 11 heavy (non-hydrogen) atoms. The number of nitrogens with one attached hydrogen (secondary N) is 1. The van der Waals surface area contributed by atoms with Crippen LogP contribution in [-0.4, -0.2) is 11.5 Å². The molecule has 1 aliphatic heterocycles. The van der Waals surface area contributed by atoms with Gasteiger partial charge in [0.1, 0.15) is 5.49 Å². The number of H-pyrrole nitrogens is 1. The minimum Gasteiger partial charge on any atom is -0.344 e. The lowest BCUT2D eigenvalue weighted by atomic mass is 10.2. The fraction of sp³-hybridized carbons (Fsp3) is 0.444. The van der Waals surface area contributed by atoms with Crippen LogP contribution < -0.4 is 10.7 Å². The van der Waals surface area contributed by atoms with E-state index in [2.05, 4.69) is 29.0 Å². The zero-order valence-electron chi connectivity index (χ0n) is 6.72. The summed E-state index contributed by atoms with van der Waals surface area (Å²) >= 11 is 0. The van der Waals surface area contributed by atoms with Gasteiger partial charge in [0.2, 0.25) is 0 Å². The molecule has 0 saturated carbocycles. The Labute approximate surface area is 65.7 Å². The minimum absolute atomic E-state index is 0.941. The third-order valence-electron chi connectivity index (χ3n) is 2.03. The van der Waals surface area contributed by atoms with Crippen molar-refractivity contribution in [2.75, 3.05) is 6.54 Å². The lowest BCUT2D eigenvalue weighted by Gasteiger charge is -1.91. The van der Waals surface area contributed by atoms with Crippen molar-refractivity contribution < 1.29 is 0 Å². The van der Waals surface area contributed by atoms with Crippen LogP contribution in [0, 0.1) is 0 Å². The molecule has 1 N–H and O–H groups in total. The summed E-state index contributed by atoms with van der Waals surface area (Å²) in [5, 5.41) is 1.29. The van der Waals surface area contributed by atoms with E-state index in [1.165, 1.54) is 10.9 Å². The van der Waals surface area contributed by atoms with Crippen molar-refractivity contribution in [3.8, 4) is 0 Å². The summed E-state index contributed by atoms with van der Waals surface area (Å²) in [6.45, 7) is 3.09. The molecule has 2 nitrogen and oxygen atoms in total. The average Bonchev–Trinajstić information content (AvgIpc) is 2.46. The quantitative estimate of drug-likeness (QED) is 0.596. The first-order chi connectivity index (χ1) is 5.40. The third kappa shape index (κ3) is 1.09. The van der Waals surface area contributed by atoms with Crippen molar-refractivity contribution >= 4 is 6.08 Å². The van der Waals surface area contributed by atoms with E-state index in [1.807, 2.05) is 0 Å². The van der Waals surface area contributed by atoms with E-state index in [0.717, 1.165) is 24.9 Å². The summed E-state index contributed by atoms with van der Waals surface area (Å²) in [4.78, 5) is 7.66. The zero-order chi connectivity index (χ0) is 7.68. The topological polar surface area (TPSA) is 28.1 Å². The monoisotopic (exact) mass is 148 g/mol. The van der Waals surface area contributed by atoms with Gasteiger partial charge >= 0.3 is 0 Å². The second kappa shape index (κ2) is 2.53. The Morgan fingerprint density at radius 2 is 2.55 bits per heavy atom. The van der Waals surface area contributed by atoms with Gasteiger partial charge in [0.15, 0.2) is 0 Å². The largest absolute Gasteiger partial charge is 0.344 e. The Bertz CT molecular complexity index is 326. The van der Waals surface area contributed by atoms with Gasteiger partial charge in [0, 0.05) is 17.5 Å². The molecule has 1 aliphatic rings. The first-order valence-corrected chi connectivity index (χ1v) is 4.12. The molecule has 2 rings (SSSR count). The van der Waals surface area contributed by atoms with Gasteiger partial charge in [-0.3, -0.25) is 4.99 Å². The second-order valence-corrected chi connectivity index (χ2v) is 2.83. The number of nitrogens with zero attached hydrogens (tertiary/aromatic N) is 1. The summed E-state index contributed by atoms with van der Waals surface area (Å²) < 4.78 is 0. The van der Waals surface area contributed by atoms with E-state index in [-0.39, 0.29) is 0 Å². The van der Waals surface area contributed by atoms with Gasteiger partial charge in [-0.05, 0) is 18.9 Å². The number of hydrogen-bond donors (Lipinski definition) is 1. The number of aromatic amines is 1. The summed E-state index contributed by atoms with van der Waals surface area (Å²) in [6.07, 6.45) is 4.41. The Balaban J connectivity index is 2.66. The molecular formula is C9H12N2. The molecule has 0 bridgehead atoms. The van der Waals surface area contributed by atoms with Crippen molar-refractivity contribution in [3.05, 3.63) is 22.5 Å². The number of rotatable bonds is 1. The molecule has 2 heteroatoms. The molecule has 0 amide bonds. The van der Waals surface area contributed by atoms with Gasteiger partial charge in [-0.25, -0.2) is 0 Å². The molecule has 0 saturated heterocycles. The van der Waals surface area contributed by atoms with Gasteiger partial charge in [-0.15, -0.1) is 0 Å². The van der Waals surface area contributed by atoms with Crippen LogP contribution in [0.25, 0.3) is 6.08 Å². The highest BCUT2D eigenvalue weighted by Gasteiger charge is 1.97. The van der Waals surface area contributed by atoms with Crippen molar-refractivity contribution in [2.24, 2.45) is 4.99 Å². The number of aromatic nitrogens is 1. The smallest absolute Gasteiger partial charge is 0.132 e. The van der Waals surface area contributed by atoms with Crippen LogP contribution in [0.4, 0.5) is 0 Å². The van der Waals surface area contributed by atoms with Crippen molar-refractivity contribution in [1.29, 1.82) is 0 Å². The van der Waals surface area contributed by atoms with Gasteiger partial charge in [-0.1, -0.05) is 13.0 Å². The van der Waals surface area contributed by atoms with Gasteiger partial charge in [0.05, 0.1) is 0 Å². The van der Waals surface area contributed by atoms with Crippen molar-refractivity contribution in [3.63, 3.8) is 0 Å².